The first-order chi connectivity index (χ1) is 8.97. The Morgan fingerprint density at radius 3 is 2.42 bits per heavy atom. The molecule has 0 unspecified atom stereocenters. The first-order valence-electron chi connectivity index (χ1n) is 6.92. The van der Waals surface area contributed by atoms with Crippen LogP contribution in [0.15, 0.2) is 30.3 Å². The lowest BCUT2D eigenvalue weighted by atomic mass is 10.1. The van der Waals surface area contributed by atoms with Crippen molar-refractivity contribution in [2.45, 2.75) is 38.1 Å². The highest BCUT2D eigenvalue weighted by Gasteiger charge is 2.12. The van der Waals surface area contributed by atoms with Gasteiger partial charge in [-0.15, -0.1) is 0 Å². The van der Waals surface area contributed by atoms with Gasteiger partial charge in [0.1, 0.15) is 6.79 Å². The lowest BCUT2D eigenvalue weighted by Gasteiger charge is -2.16. The Labute approximate surface area is 118 Å². The van der Waals surface area contributed by atoms with Crippen molar-refractivity contribution >= 4 is 8.07 Å². The van der Waals surface area contributed by atoms with Crippen LogP contribution < -0.4 is 5.73 Å². The molecule has 0 aliphatic rings. The fraction of sp³-hybridized carbons (Fsp3) is 0.600. The minimum Gasteiger partial charge on any atom is -0.356 e. The van der Waals surface area contributed by atoms with E-state index < -0.39 is 8.07 Å². The van der Waals surface area contributed by atoms with Crippen LogP contribution in [0.25, 0.3) is 0 Å². The van der Waals surface area contributed by atoms with E-state index in [4.69, 9.17) is 15.2 Å². The van der Waals surface area contributed by atoms with Gasteiger partial charge in [-0.2, -0.15) is 0 Å². The van der Waals surface area contributed by atoms with Gasteiger partial charge in [0.2, 0.25) is 0 Å². The summed E-state index contributed by atoms with van der Waals surface area (Å²) in [6.07, 6.45) is 0.843. The fourth-order valence-corrected chi connectivity index (χ4v) is 2.43. The maximum absolute atomic E-state index is 6.02. The summed E-state index contributed by atoms with van der Waals surface area (Å²) >= 11 is 0. The van der Waals surface area contributed by atoms with Crippen molar-refractivity contribution in [3.8, 4) is 0 Å². The standard InChI is InChI=1S/C15H27NO2Si/c1-19(2,3)10-9-17-13-18-12-15(16)11-14-7-5-4-6-8-14/h4-8,15H,9-13,16H2,1-3H3/t15-/m1/s1. The van der Waals surface area contributed by atoms with E-state index in [9.17, 15) is 0 Å². The van der Waals surface area contributed by atoms with Crippen molar-refractivity contribution in [1.82, 2.24) is 0 Å². The van der Waals surface area contributed by atoms with Crippen molar-refractivity contribution in [2.24, 2.45) is 5.73 Å². The number of benzene rings is 1. The lowest BCUT2D eigenvalue weighted by molar-refractivity contribution is -0.0532. The molecule has 1 rings (SSSR count). The molecule has 0 saturated heterocycles. The smallest absolute Gasteiger partial charge is 0.146 e. The largest absolute Gasteiger partial charge is 0.356 e. The molecule has 0 amide bonds. The molecule has 108 valence electrons. The summed E-state index contributed by atoms with van der Waals surface area (Å²) in [5.74, 6) is 0. The summed E-state index contributed by atoms with van der Waals surface area (Å²) in [5.41, 5.74) is 7.26. The van der Waals surface area contributed by atoms with Crippen LogP contribution in [0, 0.1) is 0 Å². The molecule has 2 N–H and O–H groups in total. The Morgan fingerprint density at radius 2 is 1.79 bits per heavy atom. The van der Waals surface area contributed by atoms with Gasteiger partial charge in [-0.3, -0.25) is 0 Å². The summed E-state index contributed by atoms with van der Waals surface area (Å²) in [4.78, 5) is 0. The Bertz CT molecular complexity index is 338. The van der Waals surface area contributed by atoms with E-state index in [1.54, 1.807) is 0 Å². The van der Waals surface area contributed by atoms with Gasteiger partial charge >= 0.3 is 0 Å². The summed E-state index contributed by atoms with van der Waals surface area (Å²) in [7, 11) is -0.995. The number of nitrogens with two attached hydrogens (primary N) is 1. The zero-order valence-electron chi connectivity index (χ0n) is 12.4. The second-order valence-corrected chi connectivity index (χ2v) is 11.8. The minimum absolute atomic E-state index is 0.0305. The minimum atomic E-state index is -0.995. The molecule has 0 aliphatic heterocycles. The molecule has 0 aliphatic carbocycles. The molecule has 0 radical (unpaired) electrons. The highest BCUT2D eigenvalue weighted by molar-refractivity contribution is 6.76. The Hall–Kier alpha value is -0.683. The average Bonchev–Trinajstić information content (AvgIpc) is 2.33. The van der Waals surface area contributed by atoms with Gasteiger partial charge < -0.3 is 15.2 Å². The van der Waals surface area contributed by atoms with Gasteiger partial charge in [-0.1, -0.05) is 50.0 Å². The maximum atomic E-state index is 6.02. The lowest BCUT2D eigenvalue weighted by Crippen LogP contribution is -2.29. The Kier molecular flexibility index (Phi) is 7.31. The highest BCUT2D eigenvalue weighted by Crippen LogP contribution is 2.07. The Morgan fingerprint density at radius 1 is 1.11 bits per heavy atom. The first-order valence-corrected chi connectivity index (χ1v) is 10.6. The van der Waals surface area contributed by atoms with E-state index >= 15 is 0 Å². The summed E-state index contributed by atoms with van der Waals surface area (Å²) < 4.78 is 10.9. The molecule has 0 heterocycles. The Balaban J connectivity index is 2.03. The molecule has 0 aromatic heterocycles. The molecule has 4 heteroatoms. The monoisotopic (exact) mass is 281 g/mol. The molecule has 1 aromatic carbocycles. The van der Waals surface area contributed by atoms with Crippen LogP contribution in [0.5, 0.6) is 0 Å². The van der Waals surface area contributed by atoms with E-state index in [2.05, 4.69) is 31.8 Å². The third-order valence-electron chi connectivity index (χ3n) is 2.84. The normalized spacial score (nSPS) is 13.5. The van der Waals surface area contributed by atoms with Gasteiger partial charge in [-0.25, -0.2) is 0 Å². The van der Waals surface area contributed by atoms with Crippen LogP contribution in [0.1, 0.15) is 5.56 Å². The van der Waals surface area contributed by atoms with Gasteiger partial charge in [0.15, 0.2) is 0 Å². The quantitative estimate of drug-likeness (QED) is 0.430. The van der Waals surface area contributed by atoms with Gasteiger partial charge in [-0.05, 0) is 18.0 Å². The van der Waals surface area contributed by atoms with Crippen molar-refractivity contribution in [3.63, 3.8) is 0 Å². The molecular formula is C15H27NO2Si. The van der Waals surface area contributed by atoms with Crippen molar-refractivity contribution in [3.05, 3.63) is 35.9 Å². The second kappa shape index (κ2) is 8.48. The van der Waals surface area contributed by atoms with Crippen LogP contribution in [0.4, 0.5) is 0 Å². The van der Waals surface area contributed by atoms with E-state index in [-0.39, 0.29) is 6.04 Å². The summed E-state index contributed by atoms with van der Waals surface area (Å²) in [6.45, 7) is 8.71. The van der Waals surface area contributed by atoms with E-state index in [1.165, 1.54) is 11.6 Å². The summed E-state index contributed by atoms with van der Waals surface area (Å²) in [5, 5.41) is 0. The predicted octanol–water partition coefficient (Wildman–Crippen LogP) is 2.89. The molecule has 0 fully saturated rings. The topological polar surface area (TPSA) is 44.5 Å². The number of hydrogen-bond acceptors (Lipinski definition) is 3. The van der Waals surface area contributed by atoms with Crippen molar-refractivity contribution in [1.29, 1.82) is 0 Å². The summed E-state index contributed by atoms with van der Waals surface area (Å²) in [6, 6.07) is 11.5. The van der Waals surface area contributed by atoms with E-state index in [0.717, 1.165) is 13.0 Å². The van der Waals surface area contributed by atoms with Crippen LogP contribution >= 0.6 is 0 Å². The van der Waals surface area contributed by atoms with E-state index in [0.29, 0.717) is 13.4 Å². The zero-order chi connectivity index (χ0) is 14.1. The van der Waals surface area contributed by atoms with E-state index in [1.807, 2.05) is 18.2 Å². The molecule has 0 spiro atoms. The molecule has 1 aromatic rings. The van der Waals surface area contributed by atoms with Gasteiger partial charge in [0.05, 0.1) is 6.61 Å². The third kappa shape index (κ3) is 8.94. The van der Waals surface area contributed by atoms with Gasteiger partial charge in [0, 0.05) is 20.7 Å². The first kappa shape index (κ1) is 16.4. The maximum Gasteiger partial charge on any atom is 0.146 e. The van der Waals surface area contributed by atoms with Crippen LogP contribution in [0.3, 0.4) is 0 Å². The predicted molar refractivity (Wildman–Crippen MR) is 83.0 cm³/mol. The SMILES string of the molecule is C[Si](C)(C)CCOCOC[C@H](N)Cc1ccccc1. The number of rotatable bonds is 9. The van der Waals surface area contributed by atoms with Crippen LogP contribution in [-0.2, 0) is 15.9 Å². The molecule has 0 bridgehead atoms. The van der Waals surface area contributed by atoms with Crippen molar-refractivity contribution in [2.75, 3.05) is 20.0 Å². The number of hydrogen-bond donors (Lipinski definition) is 1. The molecular weight excluding hydrogens is 254 g/mol. The fourth-order valence-electron chi connectivity index (χ4n) is 1.67. The molecule has 19 heavy (non-hydrogen) atoms. The second-order valence-electron chi connectivity index (χ2n) is 6.16. The van der Waals surface area contributed by atoms with Crippen LogP contribution in [-0.4, -0.2) is 34.1 Å². The molecule has 1 atom stereocenters. The molecule has 0 saturated carbocycles. The van der Waals surface area contributed by atoms with Crippen molar-refractivity contribution < 1.29 is 9.47 Å². The molecule has 3 nitrogen and oxygen atoms in total. The zero-order valence-corrected chi connectivity index (χ0v) is 13.4. The highest BCUT2D eigenvalue weighted by atomic mass is 28.3. The third-order valence-corrected chi connectivity index (χ3v) is 4.54. The average molecular weight is 281 g/mol. The number of ether oxygens (including phenoxy) is 2. The van der Waals surface area contributed by atoms with Gasteiger partial charge in [0.25, 0.3) is 0 Å². The van der Waals surface area contributed by atoms with Crippen LogP contribution in [0.2, 0.25) is 25.7 Å².